The Bertz CT molecular complexity index is 377. The second-order valence-electron chi connectivity index (χ2n) is 6.25. The van der Waals surface area contributed by atoms with Crippen LogP contribution >= 0.6 is 0 Å². The Labute approximate surface area is 118 Å². The number of halogens is 2. The van der Waals surface area contributed by atoms with Crippen LogP contribution in [0.3, 0.4) is 0 Å². The average molecular weight is 291 g/mol. The van der Waals surface area contributed by atoms with Gasteiger partial charge in [0.1, 0.15) is 5.60 Å². The highest BCUT2D eigenvalue weighted by molar-refractivity contribution is 5.88. The molecule has 0 N–H and O–H groups in total. The van der Waals surface area contributed by atoms with E-state index in [2.05, 4.69) is 0 Å². The third-order valence-corrected chi connectivity index (χ3v) is 3.05. The van der Waals surface area contributed by atoms with Gasteiger partial charge in [0.05, 0.1) is 12.6 Å². The molecular formula is C14H23F2NO3. The summed E-state index contributed by atoms with van der Waals surface area (Å²) >= 11 is 0. The summed E-state index contributed by atoms with van der Waals surface area (Å²) < 4.78 is 32.1. The highest BCUT2D eigenvalue weighted by atomic mass is 19.3. The van der Waals surface area contributed by atoms with Gasteiger partial charge in [-0.1, -0.05) is 13.3 Å². The van der Waals surface area contributed by atoms with Gasteiger partial charge in [-0.25, -0.2) is 13.6 Å². The first kappa shape index (κ1) is 16.9. The van der Waals surface area contributed by atoms with Gasteiger partial charge in [-0.3, -0.25) is 9.69 Å². The molecule has 1 heterocycles. The van der Waals surface area contributed by atoms with Gasteiger partial charge < -0.3 is 4.74 Å². The van der Waals surface area contributed by atoms with Crippen molar-refractivity contribution in [2.45, 2.75) is 70.9 Å². The number of rotatable bonds is 4. The molecule has 1 rings (SSSR count). The molecule has 1 aliphatic rings. The molecule has 6 heteroatoms. The van der Waals surface area contributed by atoms with Crippen LogP contribution in [-0.2, 0) is 9.53 Å². The molecule has 0 bridgehead atoms. The van der Waals surface area contributed by atoms with Crippen LogP contribution in [0.5, 0.6) is 0 Å². The van der Waals surface area contributed by atoms with Gasteiger partial charge in [-0.15, -0.1) is 0 Å². The number of hydrogen-bond acceptors (Lipinski definition) is 3. The highest BCUT2D eigenvalue weighted by Gasteiger charge is 2.50. The van der Waals surface area contributed by atoms with Crippen molar-refractivity contribution in [3.8, 4) is 0 Å². The van der Waals surface area contributed by atoms with Gasteiger partial charge in [-0.05, 0) is 27.2 Å². The predicted octanol–water partition coefficient (Wildman–Crippen LogP) is 3.39. The summed E-state index contributed by atoms with van der Waals surface area (Å²) in [6.45, 7) is 6.15. The molecule has 0 aromatic carbocycles. The molecule has 1 atom stereocenters. The minimum atomic E-state index is -3.02. The first-order valence-electron chi connectivity index (χ1n) is 6.96. The van der Waals surface area contributed by atoms with Crippen LogP contribution in [-0.4, -0.2) is 40.9 Å². The van der Waals surface area contributed by atoms with Crippen molar-refractivity contribution in [3.63, 3.8) is 0 Å². The molecule has 1 fully saturated rings. The van der Waals surface area contributed by atoms with E-state index < -0.39 is 36.6 Å². The molecule has 0 aromatic heterocycles. The third kappa shape index (κ3) is 4.72. The molecule has 1 amide bonds. The van der Waals surface area contributed by atoms with E-state index in [1.165, 1.54) is 0 Å². The largest absolute Gasteiger partial charge is 0.444 e. The average Bonchev–Trinajstić information content (AvgIpc) is 2.60. The number of Topliss-reactive ketones (excluding diaryl/α,β-unsaturated/α-hetero) is 1. The van der Waals surface area contributed by atoms with E-state index in [1.807, 2.05) is 6.92 Å². The zero-order chi connectivity index (χ0) is 15.6. The van der Waals surface area contributed by atoms with Gasteiger partial charge in [-0.2, -0.15) is 0 Å². The minimum Gasteiger partial charge on any atom is -0.444 e. The lowest BCUT2D eigenvalue weighted by Crippen LogP contribution is -2.43. The molecule has 0 unspecified atom stereocenters. The fraction of sp³-hybridized carbons (Fsp3) is 0.857. The summed E-state index contributed by atoms with van der Waals surface area (Å²) in [4.78, 5) is 24.8. The zero-order valence-corrected chi connectivity index (χ0v) is 12.5. The number of likely N-dealkylation sites (tertiary alicyclic amines) is 1. The Balaban J connectivity index is 2.79. The van der Waals surface area contributed by atoms with Crippen LogP contribution in [0.4, 0.5) is 13.6 Å². The van der Waals surface area contributed by atoms with E-state index in [0.717, 1.165) is 11.3 Å². The summed E-state index contributed by atoms with van der Waals surface area (Å²) in [6.07, 6.45) is 0.222. The molecule has 1 aliphatic heterocycles. The maximum absolute atomic E-state index is 13.5. The lowest BCUT2D eigenvalue weighted by atomic mass is 10.0. The van der Waals surface area contributed by atoms with Gasteiger partial charge >= 0.3 is 6.09 Å². The number of ketones is 1. The number of hydrogen-bond donors (Lipinski definition) is 0. The van der Waals surface area contributed by atoms with E-state index in [1.54, 1.807) is 20.8 Å². The molecule has 0 aromatic rings. The number of amides is 1. The van der Waals surface area contributed by atoms with Crippen molar-refractivity contribution in [2.24, 2.45) is 0 Å². The standard InChI is InChI=1S/C14H23F2NO3/c1-5-6-7-11(18)10-8-14(15,16)9-17(10)12(19)20-13(2,3)4/h10H,5-9H2,1-4H3/t10-/m0/s1. The van der Waals surface area contributed by atoms with E-state index >= 15 is 0 Å². The van der Waals surface area contributed by atoms with Crippen molar-refractivity contribution in [2.75, 3.05) is 6.54 Å². The Morgan fingerprint density at radius 1 is 1.35 bits per heavy atom. The van der Waals surface area contributed by atoms with Crippen LogP contribution in [0.25, 0.3) is 0 Å². The van der Waals surface area contributed by atoms with E-state index in [9.17, 15) is 18.4 Å². The smallest absolute Gasteiger partial charge is 0.411 e. The minimum absolute atomic E-state index is 0.219. The second-order valence-corrected chi connectivity index (χ2v) is 6.25. The molecule has 20 heavy (non-hydrogen) atoms. The number of unbranched alkanes of at least 4 members (excludes halogenated alkanes) is 1. The molecular weight excluding hydrogens is 268 g/mol. The normalized spacial score (nSPS) is 21.9. The molecule has 0 spiro atoms. The van der Waals surface area contributed by atoms with Crippen LogP contribution in [0.2, 0.25) is 0 Å². The summed E-state index contributed by atoms with van der Waals surface area (Å²) in [5.41, 5.74) is -0.772. The molecule has 4 nitrogen and oxygen atoms in total. The maximum atomic E-state index is 13.5. The van der Waals surface area contributed by atoms with Crippen LogP contribution in [0, 0.1) is 0 Å². The van der Waals surface area contributed by atoms with E-state index in [4.69, 9.17) is 4.74 Å². The Hall–Kier alpha value is -1.20. The number of carbonyl (C=O) groups is 2. The summed E-state index contributed by atoms with van der Waals surface area (Å²) in [6, 6.07) is -1.06. The van der Waals surface area contributed by atoms with Crippen LogP contribution < -0.4 is 0 Å². The van der Waals surface area contributed by atoms with Crippen molar-refractivity contribution in [3.05, 3.63) is 0 Å². The number of nitrogens with zero attached hydrogens (tertiary/aromatic N) is 1. The van der Waals surface area contributed by atoms with Gasteiger partial charge in [0.25, 0.3) is 5.92 Å². The summed E-state index contributed by atoms with van der Waals surface area (Å²) in [7, 11) is 0. The van der Waals surface area contributed by atoms with E-state index in [0.29, 0.717) is 6.42 Å². The first-order chi connectivity index (χ1) is 9.06. The lowest BCUT2D eigenvalue weighted by molar-refractivity contribution is -0.123. The van der Waals surface area contributed by atoms with Crippen molar-refractivity contribution >= 4 is 11.9 Å². The first-order valence-corrected chi connectivity index (χ1v) is 6.96. The number of carbonyl (C=O) groups excluding carboxylic acids is 2. The molecule has 0 saturated carbocycles. The predicted molar refractivity (Wildman–Crippen MR) is 70.8 cm³/mol. The zero-order valence-electron chi connectivity index (χ0n) is 12.5. The van der Waals surface area contributed by atoms with E-state index in [-0.39, 0.29) is 12.2 Å². The Morgan fingerprint density at radius 2 is 1.95 bits per heavy atom. The summed E-state index contributed by atoms with van der Waals surface area (Å²) in [5, 5.41) is 0. The molecule has 0 aliphatic carbocycles. The third-order valence-electron chi connectivity index (χ3n) is 3.05. The van der Waals surface area contributed by atoms with Gasteiger partial charge in [0.15, 0.2) is 5.78 Å². The Morgan fingerprint density at radius 3 is 2.45 bits per heavy atom. The topological polar surface area (TPSA) is 46.6 Å². The number of alkyl halides is 2. The lowest BCUT2D eigenvalue weighted by Gasteiger charge is -2.27. The van der Waals surface area contributed by atoms with Gasteiger partial charge in [0, 0.05) is 12.8 Å². The quantitative estimate of drug-likeness (QED) is 0.797. The van der Waals surface area contributed by atoms with Crippen molar-refractivity contribution in [1.82, 2.24) is 4.90 Å². The molecule has 116 valence electrons. The molecule has 0 radical (unpaired) electrons. The van der Waals surface area contributed by atoms with Crippen LogP contribution in [0.1, 0.15) is 53.4 Å². The second kappa shape index (κ2) is 6.06. The summed E-state index contributed by atoms with van der Waals surface area (Å²) in [5.74, 6) is -3.33. The van der Waals surface area contributed by atoms with Gasteiger partial charge in [0.2, 0.25) is 0 Å². The fourth-order valence-corrected chi connectivity index (χ4v) is 2.13. The highest BCUT2D eigenvalue weighted by Crippen LogP contribution is 2.34. The number of ether oxygens (including phenoxy) is 1. The fourth-order valence-electron chi connectivity index (χ4n) is 2.13. The molecule has 1 saturated heterocycles. The van der Waals surface area contributed by atoms with Crippen molar-refractivity contribution < 1.29 is 23.1 Å². The Kier molecular flexibility index (Phi) is 5.10. The van der Waals surface area contributed by atoms with Crippen LogP contribution in [0.15, 0.2) is 0 Å². The maximum Gasteiger partial charge on any atom is 0.411 e. The SMILES string of the molecule is CCCCC(=O)[C@@H]1CC(F)(F)CN1C(=O)OC(C)(C)C. The van der Waals surface area contributed by atoms with Crippen molar-refractivity contribution in [1.29, 1.82) is 0 Å². The monoisotopic (exact) mass is 291 g/mol.